The minimum absolute atomic E-state index is 0.160. The average molecular weight is 479 g/mol. The zero-order chi connectivity index (χ0) is 24.4. The SMILES string of the molecule is Cc1ccc(C(C)C)c(OC(=O)c2oc3c(c2C)/C(=N/NC(=O)c2ccccc2Cl)CCC3)c1. The van der Waals surface area contributed by atoms with Crippen LogP contribution in [-0.2, 0) is 6.42 Å². The highest BCUT2D eigenvalue weighted by Crippen LogP contribution is 2.32. The van der Waals surface area contributed by atoms with E-state index in [9.17, 15) is 9.59 Å². The molecule has 0 bridgehead atoms. The maximum absolute atomic E-state index is 13.1. The zero-order valence-corrected chi connectivity index (χ0v) is 20.5. The summed E-state index contributed by atoms with van der Waals surface area (Å²) in [6.45, 7) is 7.88. The standard InChI is InChI=1S/C27H27ClN2O4/c1-15(2)18-13-12-16(3)14-23(18)34-27(32)25-17(4)24-21(10-7-11-22(24)33-25)29-30-26(31)19-8-5-6-9-20(19)28/h5-6,8-9,12-15H,7,10-11H2,1-4H3,(H,30,31)/b29-21+. The summed E-state index contributed by atoms with van der Waals surface area (Å²) < 4.78 is 11.7. The van der Waals surface area contributed by atoms with Gasteiger partial charge in [0, 0.05) is 17.5 Å². The van der Waals surface area contributed by atoms with Crippen LogP contribution in [0.15, 0.2) is 52.0 Å². The quantitative estimate of drug-likeness (QED) is 0.262. The molecule has 1 aliphatic carbocycles. The van der Waals surface area contributed by atoms with E-state index in [1.807, 2.05) is 32.0 Å². The molecule has 2 aromatic carbocycles. The third-order valence-electron chi connectivity index (χ3n) is 5.92. The van der Waals surface area contributed by atoms with Crippen LogP contribution >= 0.6 is 11.6 Å². The van der Waals surface area contributed by atoms with Crippen LogP contribution in [0.1, 0.15) is 81.5 Å². The number of amides is 1. The lowest BCUT2D eigenvalue weighted by Gasteiger charge is -2.13. The fourth-order valence-electron chi connectivity index (χ4n) is 4.15. The van der Waals surface area contributed by atoms with E-state index in [-0.39, 0.29) is 11.7 Å². The van der Waals surface area contributed by atoms with Crippen LogP contribution in [0.25, 0.3) is 0 Å². The molecule has 34 heavy (non-hydrogen) atoms. The number of carbonyl (C=O) groups excluding carboxylic acids is 2. The van der Waals surface area contributed by atoms with E-state index in [1.54, 1.807) is 24.3 Å². The Balaban J connectivity index is 1.60. The summed E-state index contributed by atoms with van der Waals surface area (Å²) in [6.07, 6.45) is 2.13. The molecule has 176 valence electrons. The van der Waals surface area contributed by atoms with Crippen molar-refractivity contribution in [1.29, 1.82) is 0 Å². The Morgan fingerprint density at radius 3 is 2.62 bits per heavy atom. The molecule has 0 aliphatic heterocycles. The van der Waals surface area contributed by atoms with Crippen molar-refractivity contribution < 1.29 is 18.7 Å². The maximum Gasteiger partial charge on any atom is 0.379 e. The molecule has 0 saturated heterocycles. The van der Waals surface area contributed by atoms with Gasteiger partial charge in [-0.15, -0.1) is 0 Å². The van der Waals surface area contributed by atoms with Gasteiger partial charge in [-0.1, -0.05) is 49.7 Å². The van der Waals surface area contributed by atoms with Crippen molar-refractivity contribution in [3.8, 4) is 5.75 Å². The van der Waals surface area contributed by atoms with Crippen molar-refractivity contribution >= 4 is 29.2 Å². The Morgan fingerprint density at radius 2 is 1.88 bits per heavy atom. The molecule has 0 spiro atoms. The first kappa shape index (κ1) is 23.8. The molecule has 1 aliphatic rings. The molecule has 3 aromatic rings. The van der Waals surface area contributed by atoms with Gasteiger partial charge in [-0.2, -0.15) is 5.10 Å². The number of benzene rings is 2. The minimum Gasteiger partial charge on any atom is -0.453 e. The van der Waals surface area contributed by atoms with Crippen LogP contribution in [0.3, 0.4) is 0 Å². The summed E-state index contributed by atoms with van der Waals surface area (Å²) in [5.74, 6) is 0.637. The number of carbonyl (C=O) groups is 2. The first-order valence-electron chi connectivity index (χ1n) is 11.3. The number of furan rings is 1. The van der Waals surface area contributed by atoms with Crippen molar-refractivity contribution in [1.82, 2.24) is 5.43 Å². The van der Waals surface area contributed by atoms with E-state index in [0.29, 0.717) is 46.2 Å². The number of ether oxygens (including phenoxy) is 1. The van der Waals surface area contributed by atoms with Gasteiger partial charge in [-0.3, -0.25) is 4.79 Å². The zero-order valence-electron chi connectivity index (χ0n) is 19.7. The minimum atomic E-state index is -0.543. The number of halogens is 1. The Kier molecular flexibility index (Phi) is 6.89. The van der Waals surface area contributed by atoms with Gasteiger partial charge in [0.2, 0.25) is 5.76 Å². The number of aryl methyl sites for hydroxylation is 2. The maximum atomic E-state index is 13.1. The van der Waals surface area contributed by atoms with Crippen LogP contribution in [0.4, 0.5) is 0 Å². The predicted octanol–water partition coefficient (Wildman–Crippen LogP) is 6.36. The van der Waals surface area contributed by atoms with Crippen LogP contribution in [0.2, 0.25) is 5.02 Å². The molecule has 4 rings (SSSR count). The van der Waals surface area contributed by atoms with Gasteiger partial charge < -0.3 is 9.15 Å². The van der Waals surface area contributed by atoms with Crippen LogP contribution < -0.4 is 10.2 Å². The summed E-state index contributed by atoms with van der Waals surface area (Å²) in [7, 11) is 0. The number of fused-ring (bicyclic) bond motifs is 1. The van der Waals surface area contributed by atoms with Crippen molar-refractivity contribution in [3.05, 3.63) is 86.8 Å². The molecule has 1 amide bonds. The van der Waals surface area contributed by atoms with Crippen LogP contribution in [0.5, 0.6) is 5.75 Å². The highest BCUT2D eigenvalue weighted by Gasteiger charge is 2.29. The molecule has 0 unspecified atom stereocenters. The number of nitrogens with one attached hydrogen (secondary N) is 1. The van der Waals surface area contributed by atoms with Gasteiger partial charge in [0.15, 0.2) is 0 Å². The lowest BCUT2D eigenvalue weighted by Crippen LogP contribution is -2.22. The number of rotatable bonds is 5. The molecule has 1 N–H and O–H groups in total. The summed E-state index contributed by atoms with van der Waals surface area (Å²) in [6, 6.07) is 12.6. The monoisotopic (exact) mass is 478 g/mol. The molecule has 0 fully saturated rings. The van der Waals surface area contributed by atoms with Gasteiger partial charge in [0.1, 0.15) is 11.5 Å². The molecule has 0 radical (unpaired) electrons. The second-order valence-corrected chi connectivity index (χ2v) is 9.18. The fraction of sp³-hybridized carbons (Fsp3) is 0.296. The highest BCUT2D eigenvalue weighted by molar-refractivity contribution is 6.33. The number of nitrogens with zero attached hydrogens (tertiary/aromatic N) is 1. The van der Waals surface area contributed by atoms with Crippen molar-refractivity contribution in [2.75, 3.05) is 0 Å². The smallest absolute Gasteiger partial charge is 0.379 e. The van der Waals surface area contributed by atoms with E-state index < -0.39 is 11.9 Å². The van der Waals surface area contributed by atoms with E-state index in [2.05, 4.69) is 24.4 Å². The van der Waals surface area contributed by atoms with Crippen molar-refractivity contribution in [2.45, 2.75) is 52.9 Å². The van der Waals surface area contributed by atoms with Gasteiger partial charge in [-0.05, 0) is 61.9 Å². The van der Waals surface area contributed by atoms with E-state index >= 15 is 0 Å². The summed E-state index contributed by atoms with van der Waals surface area (Å²) in [5.41, 5.74) is 6.97. The molecular weight excluding hydrogens is 452 g/mol. The lowest BCUT2D eigenvalue weighted by atomic mass is 9.93. The fourth-order valence-corrected chi connectivity index (χ4v) is 4.37. The molecule has 0 saturated carbocycles. The second kappa shape index (κ2) is 9.85. The predicted molar refractivity (Wildman–Crippen MR) is 132 cm³/mol. The molecular formula is C27H27ClN2O4. The van der Waals surface area contributed by atoms with E-state index in [1.165, 1.54) is 0 Å². The highest BCUT2D eigenvalue weighted by atomic mass is 35.5. The first-order chi connectivity index (χ1) is 16.3. The van der Waals surface area contributed by atoms with E-state index in [0.717, 1.165) is 23.1 Å². The van der Waals surface area contributed by atoms with E-state index in [4.69, 9.17) is 20.8 Å². The van der Waals surface area contributed by atoms with Gasteiger partial charge in [0.05, 0.1) is 16.3 Å². The Morgan fingerprint density at radius 1 is 1.12 bits per heavy atom. The van der Waals surface area contributed by atoms with Crippen molar-refractivity contribution in [2.24, 2.45) is 5.10 Å². The van der Waals surface area contributed by atoms with Crippen LogP contribution in [-0.4, -0.2) is 17.6 Å². The number of hydrazone groups is 1. The topological polar surface area (TPSA) is 80.9 Å². The number of hydrogen-bond donors (Lipinski definition) is 1. The Labute approximate surface area is 204 Å². The van der Waals surface area contributed by atoms with Crippen LogP contribution in [0, 0.1) is 13.8 Å². The summed E-state index contributed by atoms with van der Waals surface area (Å²) in [5, 5.41) is 4.71. The lowest BCUT2D eigenvalue weighted by molar-refractivity contribution is 0.0696. The molecule has 0 atom stereocenters. The Bertz CT molecular complexity index is 1290. The summed E-state index contributed by atoms with van der Waals surface area (Å²) >= 11 is 6.12. The van der Waals surface area contributed by atoms with Gasteiger partial charge in [0.25, 0.3) is 5.91 Å². The third kappa shape index (κ3) is 4.77. The van der Waals surface area contributed by atoms with Gasteiger partial charge >= 0.3 is 5.97 Å². The molecule has 7 heteroatoms. The number of hydrogen-bond acceptors (Lipinski definition) is 5. The van der Waals surface area contributed by atoms with Crippen molar-refractivity contribution in [3.63, 3.8) is 0 Å². The van der Waals surface area contributed by atoms with Gasteiger partial charge in [-0.25, -0.2) is 10.2 Å². The average Bonchev–Trinajstić information content (AvgIpc) is 3.15. The second-order valence-electron chi connectivity index (χ2n) is 8.77. The summed E-state index contributed by atoms with van der Waals surface area (Å²) in [4.78, 5) is 25.6. The molecule has 6 nitrogen and oxygen atoms in total. The molecule has 1 aromatic heterocycles. The largest absolute Gasteiger partial charge is 0.453 e. The molecule has 1 heterocycles. The normalized spacial score (nSPS) is 14.2. The third-order valence-corrected chi connectivity index (χ3v) is 6.25. The first-order valence-corrected chi connectivity index (χ1v) is 11.7. The number of esters is 1. The Hall–Kier alpha value is -3.38.